The average molecular weight is 322 g/mol. The largest absolute Gasteiger partial charge is 0.390 e. The van der Waals surface area contributed by atoms with Crippen LogP contribution in [0, 0.1) is 17.8 Å². The van der Waals surface area contributed by atoms with Gasteiger partial charge in [-0.25, -0.2) is 4.98 Å². The van der Waals surface area contributed by atoms with E-state index in [0.29, 0.717) is 34.2 Å². The molecular formula is C16H20ClN3O2. The Morgan fingerprint density at radius 1 is 1.36 bits per heavy atom. The molecule has 0 saturated heterocycles. The Bertz CT molecular complexity index is 620. The van der Waals surface area contributed by atoms with Gasteiger partial charge < -0.3 is 16.2 Å². The molecule has 0 spiro atoms. The number of primary amides is 1. The zero-order chi connectivity index (χ0) is 15.5. The number of carbonyl (C=O) groups is 1. The van der Waals surface area contributed by atoms with Crippen LogP contribution in [0.15, 0.2) is 12.3 Å². The SMILES string of the molecule is NC(=O)c1cnc(Cl)cc1NC1[C@@H]2CC3C[C@H]1CC(O)(C3)C2. The zero-order valence-corrected chi connectivity index (χ0v) is 13.0. The molecule has 4 saturated carbocycles. The average Bonchev–Trinajstić information content (AvgIpc) is 2.40. The van der Waals surface area contributed by atoms with E-state index in [9.17, 15) is 9.90 Å². The number of hydrogen-bond donors (Lipinski definition) is 3. The monoisotopic (exact) mass is 321 g/mol. The van der Waals surface area contributed by atoms with Crippen molar-refractivity contribution in [2.45, 2.75) is 43.7 Å². The van der Waals surface area contributed by atoms with Gasteiger partial charge in [0.05, 0.1) is 16.9 Å². The lowest BCUT2D eigenvalue weighted by molar-refractivity contribution is -0.129. The Morgan fingerprint density at radius 3 is 2.64 bits per heavy atom. The molecule has 0 aromatic carbocycles. The van der Waals surface area contributed by atoms with Gasteiger partial charge in [-0.15, -0.1) is 0 Å². The summed E-state index contributed by atoms with van der Waals surface area (Å²) in [6.45, 7) is 0. The van der Waals surface area contributed by atoms with Crippen LogP contribution in [0.1, 0.15) is 42.5 Å². The summed E-state index contributed by atoms with van der Waals surface area (Å²) in [6.07, 6.45) is 6.39. The molecule has 5 atom stereocenters. The van der Waals surface area contributed by atoms with Gasteiger partial charge in [-0.1, -0.05) is 11.6 Å². The second-order valence-electron chi connectivity index (χ2n) is 7.28. The number of aliphatic hydroxyl groups is 1. The lowest BCUT2D eigenvalue weighted by Crippen LogP contribution is -2.59. The Hall–Kier alpha value is -1.33. The summed E-state index contributed by atoms with van der Waals surface area (Å²) < 4.78 is 0. The van der Waals surface area contributed by atoms with Crippen LogP contribution in [0.3, 0.4) is 0 Å². The van der Waals surface area contributed by atoms with Crippen molar-refractivity contribution >= 4 is 23.2 Å². The molecule has 1 amide bonds. The molecule has 5 rings (SSSR count). The molecule has 5 nitrogen and oxygen atoms in total. The minimum absolute atomic E-state index is 0.272. The summed E-state index contributed by atoms with van der Waals surface area (Å²) in [5, 5.41) is 14.5. The van der Waals surface area contributed by atoms with Gasteiger partial charge in [0.25, 0.3) is 5.91 Å². The second-order valence-corrected chi connectivity index (χ2v) is 7.67. The van der Waals surface area contributed by atoms with Gasteiger partial charge in [-0.2, -0.15) is 0 Å². The Balaban J connectivity index is 1.62. The van der Waals surface area contributed by atoms with Crippen molar-refractivity contribution in [2.75, 3.05) is 5.32 Å². The number of aromatic nitrogens is 1. The number of anilines is 1. The lowest BCUT2D eigenvalue weighted by Gasteiger charge is -2.58. The number of rotatable bonds is 3. The van der Waals surface area contributed by atoms with E-state index in [1.165, 1.54) is 6.20 Å². The third-order valence-corrected chi connectivity index (χ3v) is 5.91. The van der Waals surface area contributed by atoms with Crippen LogP contribution in [-0.2, 0) is 0 Å². The standard InChI is InChI=1S/C16H20ClN3O2/c17-13-3-12(11(7-19-13)15(18)21)20-14-9-1-8-2-10(14)6-16(22,4-8)5-9/h3,7-10,14,22H,1-2,4-6H2,(H2,18,21)(H,19,20)/t8?,9-,10+,14?,16?. The van der Waals surface area contributed by atoms with Crippen molar-refractivity contribution in [2.24, 2.45) is 23.5 Å². The van der Waals surface area contributed by atoms with Crippen LogP contribution in [0.2, 0.25) is 5.15 Å². The number of pyridine rings is 1. The van der Waals surface area contributed by atoms with Crippen LogP contribution < -0.4 is 11.1 Å². The third kappa shape index (κ3) is 2.27. The number of nitrogens with two attached hydrogens (primary N) is 1. The predicted molar refractivity (Wildman–Crippen MR) is 83.7 cm³/mol. The molecular weight excluding hydrogens is 302 g/mol. The second kappa shape index (κ2) is 4.83. The number of nitrogens with one attached hydrogen (secondary N) is 1. The molecule has 22 heavy (non-hydrogen) atoms. The number of amides is 1. The highest BCUT2D eigenvalue weighted by atomic mass is 35.5. The first-order valence-electron chi connectivity index (χ1n) is 7.88. The maximum atomic E-state index is 11.6. The number of carbonyl (C=O) groups excluding carboxylic acids is 1. The fourth-order valence-electron chi connectivity index (χ4n) is 5.14. The summed E-state index contributed by atoms with van der Waals surface area (Å²) in [5.41, 5.74) is 6.01. The Morgan fingerprint density at radius 2 is 2.05 bits per heavy atom. The quantitative estimate of drug-likeness (QED) is 0.745. The summed E-state index contributed by atoms with van der Waals surface area (Å²) in [7, 11) is 0. The van der Waals surface area contributed by atoms with E-state index in [-0.39, 0.29) is 6.04 Å². The highest BCUT2D eigenvalue weighted by molar-refractivity contribution is 6.29. The van der Waals surface area contributed by atoms with Crippen molar-refractivity contribution < 1.29 is 9.90 Å². The molecule has 0 radical (unpaired) electrons. The van der Waals surface area contributed by atoms with Crippen molar-refractivity contribution in [3.05, 3.63) is 23.0 Å². The number of halogens is 1. The Labute approximate surface area is 134 Å². The third-order valence-electron chi connectivity index (χ3n) is 5.70. The van der Waals surface area contributed by atoms with E-state index >= 15 is 0 Å². The molecule has 4 aliphatic rings. The van der Waals surface area contributed by atoms with Crippen LogP contribution in [0.5, 0.6) is 0 Å². The van der Waals surface area contributed by atoms with E-state index < -0.39 is 11.5 Å². The van der Waals surface area contributed by atoms with Gasteiger partial charge in [0, 0.05) is 12.2 Å². The highest BCUT2D eigenvalue weighted by Gasteiger charge is 2.54. The van der Waals surface area contributed by atoms with Gasteiger partial charge in [0.1, 0.15) is 5.15 Å². The fourth-order valence-corrected chi connectivity index (χ4v) is 5.30. The molecule has 3 unspecified atom stereocenters. The summed E-state index contributed by atoms with van der Waals surface area (Å²) in [6, 6.07) is 1.94. The van der Waals surface area contributed by atoms with Crippen molar-refractivity contribution in [3.63, 3.8) is 0 Å². The van der Waals surface area contributed by atoms with Crippen LogP contribution in [0.4, 0.5) is 5.69 Å². The maximum absolute atomic E-state index is 11.6. The fraction of sp³-hybridized carbons (Fsp3) is 0.625. The van der Waals surface area contributed by atoms with Gasteiger partial charge in [0.15, 0.2) is 0 Å². The Kier molecular flexibility index (Phi) is 3.13. The van der Waals surface area contributed by atoms with E-state index in [1.807, 2.05) is 0 Å². The van der Waals surface area contributed by atoms with E-state index in [4.69, 9.17) is 17.3 Å². The first-order chi connectivity index (χ1) is 10.4. The van der Waals surface area contributed by atoms with Gasteiger partial charge in [-0.3, -0.25) is 4.79 Å². The molecule has 4 bridgehead atoms. The summed E-state index contributed by atoms with van der Waals surface area (Å²) in [4.78, 5) is 15.5. The van der Waals surface area contributed by atoms with E-state index in [2.05, 4.69) is 10.3 Å². The van der Waals surface area contributed by atoms with Gasteiger partial charge >= 0.3 is 0 Å². The molecule has 1 aromatic rings. The van der Waals surface area contributed by atoms with Gasteiger partial charge in [0.2, 0.25) is 0 Å². The summed E-state index contributed by atoms with van der Waals surface area (Å²) in [5.74, 6) is 1.04. The minimum atomic E-state index is -0.505. The van der Waals surface area contributed by atoms with Crippen LogP contribution in [-0.4, -0.2) is 27.6 Å². The highest BCUT2D eigenvalue weighted by Crippen LogP contribution is 2.56. The summed E-state index contributed by atoms with van der Waals surface area (Å²) >= 11 is 5.97. The predicted octanol–water partition coefficient (Wildman–Crippen LogP) is 2.19. The molecule has 6 heteroatoms. The smallest absolute Gasteiger partial charge is 0.252 e. The molecule has 1 heterocycles. The van der Waals surface area contributed by atoms with Crippen molar-refractivity contribution in [3.8, 4) is 0 Å². The van der Waals surface area contributed by atoms with Crippen molar-refractivity contribution in [1.82, 2.24) is 4.98 Å². The molecule has 4 N–H and O–H groups in total. The van der Waals surface area contributed by atoms with E-state index in [0.717, 1.165) is 32.1 Å². The first kappa shape index (κ1) is 14.3. The number of nitrogens with zero attached hydrogens (tertiary/aromatic N) is 1. The van der Waals surface area contributed by atoms with Crippen LogP contribution in [0.25, 0.3) is 0 Å². The van der Waals surface area contributed by atoms with Gasteiger partial charge in [-0.05, 0) is 55.9 Å². The van der Waals surface area contributed by atoms with E-state index in [1.54, 1.807) is 6.07 Å². The normalized spacial score (nSPS) is 39.0. The topological polar surface area (TPSA) is 88.2 Å². The molecule has 1 aromatic heterocycles. The number of hydrogen-bond acceptors (Lipinski definition) is 4. The zero-order valence-electron chi connectivity index (χ0n) is 12.3. The minimum Gasteiger partial charge on any atom is -0.390 e. The van der Waals surface area contributed by atoms with Crippen LogP contribution >= 0.6 is 11.6 Å². The first-order valence-corrected chi connectivity index (χ1v) is 8.25. The lowest BCUT2D eigenvalue weighted by atomic mass is 9.52. The molecule has 4 fully saturated rings. The molecule has 4 aliphatic carbocycles. The molecule has 118 valence electrons. The molecule has 0 aliphatic heterocycles. The maximum Gasteiger partial charge on any atom is 0.252 e. The van der Waals surface area contributed by atoms with Crippen molar-refractivity contribution in [1.29, 1.82) is 0 Å².